The Morgan fingerprint density at radius 1 is 0.460 bits per heavy atom. The zero-order valence-corrected chi connectivity index (χ0v) is 34.2. The van der Waals surface area contributed by atoms with E-state index in [4.69, 9.17) is 19.1 Å². The Morgan fingerprint density at radius 3 is 1.90 bits per heavy atom. The lowest BCUT2D eigenvalue weighted by Gasteiger charge is -2.45. The summed E-state index contributed by atoms with van der Waals surface area (Å²) >= 11 is 0. The number of fused-ring (bicyclic) bond motifs is 12. The molecule has 1 aliphatic heterocycles. The molecule has 2 aromatic heterocycles. The summed E-state index contributed by atoms with van der Waals surface area (Å²) in [7, 11) is 0. The van der Waals surface area contributed by atoms with Crippen LogP contribution in [0.2, 0.25) is 0 Å². The minimum Gasteiger partial charge on any atom is -0.485 e. The molecular formula is C59H38N2O2. The molecular weight excluding hydrogens is 769 g/mol. The van der Waals surface area contributed by atoms with Gasteiger partial charge in [-0.1, -0.05) is 194 Å². The SMILES string of the molecule is C1=CCC2Oc3cc(-c4ccccc4-c4cc(-c5ccc(-c6cccc7c6oc6ccccc67)cc5)nc(-c5ccccc5)n4)ccc3C3(C2=C1)c1ccccc1-c1ccccc13. The summed E-state index contributed by atoms with van der Waals surface area (Å²) < 4.78 is 13.4. The molecule has 4 heteroatoms. The summed E-state index contributed by atoms with van der Waals surface area (Å²) in [5.41, 5.74) is 18.0. The number of rotatable bonds is 5. The highest BCUT2D eigenvalue weighted by Crippen LogP contribution is 2.61. The third-order valence-corrected chi connectivity index (χ3v) is 13.3. The minimum atomic E-state index is -0.450. The van der Waals surface area contributed by atoms with Crippen molar-refractivity contribution in [3.05, 3.63) is 235 Å². The van der Waals surface area contributed by atoms with Crippen molar-refractivity contribution < 1.29 is 9.15 Å². The second-order valence-electron chi connectivity index (χ2n) is 16.7. The van der Waals surface area contributed by atoms with Gasteiger partial charge in [0.15, 0.2) is 5.82 Å². The number of benzene rings is 8. The average Bonchev–Trinajstić information content (AvgIpc) is 3.88. The fourth-order valence-electron chi connectivity index (χ4n) is 10.5. The maximum absolute atomic E-state index is 7.04. The highest BCUT2D eigenvalue weighted by Gasteiger charge is 2.53. The van der Waals surface area contributed by atoms with E-state index in [-0.39, 0.29) is 6.10 Å². The number of hydrogen-bond acceptors (Lipinski definition) is 4. The first kappa shape index (κ1) is 35.7. The summed E-state index contributed by atoms with van der Waals surface area (Å²) in [6.07, 6.45) is 7.46. The highest BCUT2D eigenvalue weighted by molar-refractivity contribution is 6.09. The summed E-state index contributed by atoms with van der Waals surface area (Å²) in [6.45, 7) is 0. The van der Waals surface area contributed by atoms with Crippen molar-refractivity contribution in [2.45, 2.75) is 17.9 Å². The minimum absolute atomic E-state index is 0.0805. The molecule has 296 valence electrons. The molecule has 0 fully saturated rings. The monoisotopic (exact) mass is 806 g/mol. The van der Waals surface area contributed by atoms with Gasteiger partial charge in [-0.05, 0) is 62.7 Å². The number of hydrogen-bond donors (Lipinski definition) is 0. The smallest absolute Gasteiger partial charge is 0.160 e. The number of nitrogens with zero attached hydrogens (tertiary/aromatic N) is 2. The van der Waals surface area contributed by atoms with E-state index in [9.17, 15) is 0 Å². The summed E-state index contributed by atoms with van der Waals surface area (Å²) in [4.78, 5) is 10.5. The number of furan rings is 1. The zero-order valence-electron chi connectivity index (χ0n) is 34.2. The molecule has 8 aromatic carbocycles. The second kappa shape index (κ2) is 14.0. The first-order valence-electron chi connectivity index (χ1n) is 21.7. The Morgan fingerprint density at radius 2 is 1.10 bits per heavy atom. The quantitative estimate of drug-likeness (QED) is 0.174. The van der Waals surface area contributed by atoms with Crippen LogP contribution < -0.4 is 4.74 Å². The van der Waals surface area contributed by atoms with E-state index < -0.39 is 5.41 Å². The summed E-state index contributed by atoms with van der Waals surface area (Å²) in [5.74, 6) is 1.59. The first-order valence-corrected chi connectivity index (χ1v) is 21.7. The lowest BCUT2D eigenvalue weighted by molar-refractivity contribution is 0.205. The van der Waals surface area contributed by atoms with Gasteiger partial charge in [-0.15, -0.1) is 0 Å². The van der Waals surface area contributed by atoms with E-state index in [1.165, 1.54) is 33.4 Å². The number of allylic oxidation sites excluding steroid dienone is 2. The molecule has 0 saturated carbocycles. The second-order valence-corrected chi connectivity index (χ2v) is 16.7. The van der Waals surface area contributed by atoms with Gasteiger partial charge in [-0.3, -0.25) is 0 Å². The zero-order chi connectivity index (χ0) is 41.5. The molecule has 13 rings (SSSR count). The van der Waals surface area contributed by atoms with Crippen LogP contribution in [-0.2, 0) is 5.41 Å². The maximum Gasteiger partial charge on any atom is 0.160 e. The first-order chi connectivity index (χ1) is 31.2. The van der Waals surface area contributed by atoms with Gasteiger partial charge in [0.2, 0.25) is 0 Å². The molecule has 2 aliphatic carbocycles. The molecule has 0 bridgehead atoms. The predicted octanol–water partition coefficient (Wildman–Crippen LogP) is 14.7. The van der Waals surface area contributed by atoms with Gasteiger partial charge < -0.3 is 9.15 Å². The van der Waals surface area contributed by atoms with E-state index in [2.05, 4.69) is 182 Å². The van der Waals surface area contributed by atoms with Crippen molar-refractivity contribution in [1.29, 1.82) is 0 Å². The Balaban J connectivity index is 0.939. The highest BCUT2D eigenvalue weighted by atomic mass is 16.5. The van der Waals surface area contributed by atoms with Crippen molar-refractivity contribution in [3.63, 3.8) is 0 Å². The predicted molar refractivity (Wildman–Crippen MR) is 255 cm³/mol. The topological polar surface area (TPSA) is 48.2 Å². The van der Waals surface area contributed by atoms with Crippen LogP contribution in [0.15, 0.2) is 222 Å². The van der Waals surface area contributed by atoms with Gasteiger partial charge in [0.25, 0.3) is 0 Å². The van der Waals surface area contributed by atoms with E-state index in [0.29, 0.717) is 5.82 Å². The lowest BCUT2D eigenvalue weighted by Crippen LogP contribution is -2.42. The molecule has 0 amide bonds. The van der Waals surface area contributed by atoms with Gasteiger partial charge >= 0.3 is 0 Å². The molecule has 1 atom stereocenters. The Kier molecular flexibility index (Phi) is 7.91. The van der Waals surface area contributed by atoms with E-state index in [0.717, 1.165) is 84.4 Å². The molecule has 63 heavy (non-hydrogen) atoms. The maximum atomic E-state index is 7.04. The number of ether oxygens (including phenoxy) is 1. The average molecular weight is 807 g/mol. The molecule has 1 spiro atoms. The van der Waals surface area contributed by atoms with Gasteiger partial charge in [-0.2, -0.15) is 0 Å². The number of para-hydroxylation sites is 2. The van der Waals surface area contributed by atoms with Gasteiger partial charge in [0, 0.05) is 45.0 Å². The van der Waals surface area contributed by atoms with Crippen molar-refractivity contribution in [2.75, 3.05) is 0 Å². The van der Waals surface area contributed by atoms with Crippen molar-refractivity contribution in [2.24, 2.45) is 0 Å². The van der Waals surface area contributed by atoms with Gasteiger partial charge in [0.05, 0.1) is 16.8 Å². The Hall–Kier alpha value is -8.08. The van der Waals surface area contributed by atoms with Crippen LogP contribution in [0.25, 0.3) is 89.2 Å². The van der Waals surface area contributed by atoms with E-state index in [1.807, 2.05) is 30.3 Å². The van der Waals surface area contributed by atoms with Gasteiger partial charge in [-0.25, -0.2) is 9.97 Å². The summed E-state index contributed by atoms with van der Waals surface area (Å²) in [5, 5.41) is 2.24. The molecule has 0 saturated heterocycles. The summed E-state index contributed by atoms with van der Waals surface area (Å²) in [6, 6.07) is 68.9. The van der Waals surface area contributed by atoms with Gasteiger partial charge in [0.1, 0.15) is 23.0 Å². The van der Waals surface area contributed by atoms with Crippen LogP contribution in [0.4, 0.5) is 0 Å². The van der Waals surface area contributed by atoms with Crippen molar-refractivity contribution in [1.82, 2.24) is 9.97 Å². The molecule has 0 N–H and O–H groups in total. The Bertz CT molecular complexity index is 3480. The van der Waals surface area contributed by atoms with Crippen LogP contribution in [-0.4, -0.2) is 16.1 Å². The van der Waals surface area contributed by atoms with Crippen LogP contribution in [0.5, 0.6) is 5.75 Å². The van der Waals surface area contributed by atoms with Crippen LogP contribution in [0.1, 0.15) is 23.1 Å². The standard InChI is InChI=1S/C59H38N2O2/c1-2-15-39(16-3-1)58-60-52(38-31-29-37(30-32-38)42-22-14-23-47-46-21-8-12-27-54(46)63-57(42)47)36-53(61-58)45-20-5-4-17-41(45)40-33-34-51-56(35-40)62-55-28-13-11-26-50(55)59(51)48-24-9-6-18-43(48)44-19-7-10-25-49(44)59/h1-27,29-36,55H,28H2. The van der Waals surface area contributed by atoms with Crippen molar-refractivity contribution in [3.8, 4) is 73.0 Å². The molecule has 4 nitrogen and oxygen atoms in total. The number of aromatic nitrogens is 2. The molecule has 10 aromatic rings. The van der Waals surface area contributed by atoms with Crippen LogP contribution in [0, 0.1) is 0 Å². The lowest BCUT2D eigenvalue weighted by atomic mass is 9.63. The normalized spacial score (nSPS) is 15.4. The molecule has 1 unspecified atom stereocenters. The van der Waals surface area contributed by atoms with Crippen LogP contribution in [0.3, 0.4) is 0 Å². The molecule has 0 radical (unpaired) electrons. The Labute approximate surface area is 365 Å². The largest absolute Gasteiger partial charge is 0.485 e. The van der Waals surface area contributed by atoms with E-state index in [1.54, 1.807) is 0 Å². The third-order valence-electron chi connectivity index (χ3n) is 13.3. The van der Waals surface area contributed by atoms with E-state index >= 15 is 0 Å². The van der Waals surface area contributed by atoms with Crippen LogP contribution >= 0.6 is 0 Å². The fraction of sp³-hybridized carbons (Fsp3) is 0.0508. The molecule has 3 heterocycles. The van der Waals surface area contributed by atoms with Crippen molar-refractivity contribution >= 4 is 21.9 Å². The third kappa shape index (κ3) is 5.41. The fourth-order valence-corrected chi connectivity index (χ4v) is 10.5. The molecule has 3 aliphatic rings.